The summed E-state index contributed by atoms with van der Waals surface area (Å²) in [4.78, 5) is 20.7. The summed E-state index contributed by atoms with van der Waals surface area (Å²) < 4.78 is 0.0383. The third-order valence-electron chi connectivity index (χ3n) is 2.41. The summed E-state index contributed by atoms with van der Waals surface area (Å²) in [6.45, 7) is 1.57. The SMILES string of the molecule is CC(=Nc1cccc(O)c1)c1c(O)[nH]c(=S)[nH]c1=O. The van der Waals surface area contributed by atoms with E-state index in [-0.39, 0.29) is 22.0 Å². The van der Waals surface area contributed by atoms with Gasteiger partial charge in [0, 0.05) is 6.07 Å². The maximum Gasteiger partial charge on any atom is 0.264 e. The topological polar surface area (TPSA) is 101 Å². The molecule has 4 N–H and O–H groups in total. The van der Waals surface area contributed by atoms with Crippen LogP contribution in [0.1, 0.15) is 12.5 Å². The fourth-order valence-corrected chi connectivity index (χ4v) is 1.81. The Hall–Kier alpha value is -2.41. The second kappa shape index (κ2) is 5.07. The molecule has 98 valence electrons. The Balaban J connectivity index is 2.54. The van der Waals surface area contributed by atoms with E-state index in [2.05, 4.69) is 15.0 Å². The van der Waals surface area contributed by atoms with Gasteiger partial charge in [0.05, 0.1) is 11.4 Å². The van der Waals surface area contributed by atoms with Gasteiger partial charge in [0.1, 0.15) is 11.3 Å². The molecule has 1 aromatic carbocycles. The molecule has 0 aliphatic heterocycles. The van der Waals surface area contributed by atoms with Crippen molar-refractivity contribution < 1.29 is 10.2 Å². The number of aromatic amines is 2. The molecule has 0 amide bonds. The average molecular weight is 277 g/mol. The van der Waals surface area contributed by atoms with E-state index >= 15 is 0 Å². The van der Waals surface area contributed by atoms with Gasteiger partial charge in [-0.25, -0.2) is 0 Å². The summed E-state index contributed by atoms with van der Waals surface area (Å²) in [6.07, 6.45) is 0. The number of benzene rings is 1. The van der Waals surface area contributed by atoms with Crippen LogP contribution in [0.15, 0.2) is 34.1 Å². The predicted molar refractivity (Wildman–Crippen MR) is 73.9 cm³/mol. The van der Waals surface area contributed by atoms with Gasteiger partial charge in [-0.2, -0.15) is 0 Å². The lowest BCUT2D eigenvalue weighted by Crippen LogP contribution is -2.17. The number of hydrogen-bond donors (Lipinski definition) is 4. The first-order valence-corrected chi connectivity index (χ1v) is 5.78. The highest BCUT2D eigenvalue weighted by Crippen LogP contribution is 2.20. The number of hydrogen-bond acceptors (Lipinski definition) is 5. The van der Waals surface area contributed by atoms with Gasteiger partial charge in [-0.1, -0.05) is 6.07 Å². The molecule has 0 fully saturated rings. The molecule has 0 radical (unpaired) electrons. The van der Waals surface area contributed by atoms with Crippen molar-refractivity contribution >= 4 is 23.6 Å². The molecule has 19 heavy (non-hydrogen) atoms. The summed E-state index contributed by atoms with van der Waals surface area (Å²) in [5, 5.41) is 19.0. The largest absolute Gasteiger partial charge is 0.508 e. The van der Waals surface area contributed by atoms with E-state index < -0.39 is 5.56 Å². The molecular formula is C12H11N3O3S. The maximum absolute atomic E-state index is 11.7. The fraction of sp³-hybridized carbons (Fsp3) is 0.0833. The molecule has 7 heteroatoms. The number of aromatic nitrogens is 2. The summed E-state index contributed by atoms with van der Waals surface area (Å²) in [6, 6.07) is 6.25. The minimum atomic E-state index is -0.525. The standard InChI is InChI=1S/C12H11N3O3S/c1-6(13-7-3-2-4-8(16)5-7)9-10(17)14-12(19)15-11(9)18/h2-5,16H,1H3,(H3,14,15,17,18,19). The lowest BCUT2D eigenvalue weighted by molar-refractivity contribution is 0.448. The van der Waals surface area contributed by atoms with Crippen LogP contribution >= 0.6 is 12.2 Å². The Morgan fingerprint density at radius 1 is 1.32 bits per heavy atom. The van der Waals surface area contributed by atoms with E-state index in [0.717, 1.165) is 0 Å². The lowest BCUT2D eigenvalue weighted by Gasteiger charge is -2.03. The van der Waals surface area contributed by atoms with Crippen LogP contribution in [0.2, 0.25) is 0 Å². The van der Waals surface area contributed by atoms with E-state index in [0.29, 0.717) is 11.4 Å². The van der Waals surface area contributed by atoms with E-state index in [1.165, 1.54) is 12.1 Å². The van der Waals surface area contributed by atoms with Gasteiger partial charge in [0.25, 0.3) is 5.56 Å². The maximum atomic E-state index is 11.7. The van der Waals surface area contributed by atoms with E-state index in [4.69, 9.17) is 12.2 Å². The van der Waals surface area contributed by atoms with Gasteiger partial charge in [0.2, 0.25) is 5.88 Å². The first-order chi connectivity index (χ1) is 8.97. The minimum Gasteiger partial charge on any atom is -0.508 e. The minimum absolute atomic E-state index is 0.0111. The molecule has 0 bridgehead atoms. The zero-order chi connectivity index (χ0) is 14.0. The Bertz CT molecular complexity index is 761. The van der Waals surface area contributed by atoms with Crippen molar-refractivity contribution in [2.24, 2.45) is 4.99 Å². The average Bonchev–Trinajstić information content (AvgIpc) is 2.27. The number of phenols is 1. The van der Waals surface area contributed by atoms with Crippen molar-refractivity contribution in [1.82, 2.24) is 9.97 Å². The van der Waals surface area contributed by atoms with E-state index in [1.54, 1.807) is 19.1 Å². The van der Waals surface area contributed by atoms with Gasteiger partial charge in [-0.15, -0.1) is 0 Å². The molecule has 0 atom stereocenters. The molecule has 1 aromatic heterocycles. The molecule has 0 unspecified atom stereocenters. The van der Waals surface area contributed by atoms with Crippen LogP contribution in [-0.2, 0) is 0 Å². The van der Waals surface area contributed by atoms with Crippen LogP contribution in [0.25, 0.3) is 0 Å². The lowest BCUT2D eigenvalue weighted by atomic mass is 10.2. The van der Waals surface area contributed by atoms with Gasteiger partial charge < -0.3 is 15.2 Å². The Labute approximate surface area is 113 Å². The third kappa shape index (κ3) is 2.89. The predicted octanol–water partition coefficient (Wildman–Crippen LogP) is 1.98. The number of nitrogens with zero attached hydrogens (tertiary/aromatic N) is 1. The molecule has 2 aromatic rings. The van der Waals surface area contributed by atoms with Crippen LogP contribution < -0.4 is 5.56 Å². The van der Waals surface area contributed by atoms with Crippen LogP contribution in [0.4, 0.5) is 5.69 Å². The molecule has 0 saturated heterocycles. The van der Waals surface area contributed by atoms with Crippen LogP contribution in [-0.4, -0.2) is 25.9 Å². The van der Waals surface area contributed by atoms with Gasteiger partial charge in [-0.3, -0.25) is 14.8 Å². The van der Waals surface area contributed by atoms with Crippen molar-refractivity contribution in [2.75, 3.05) is 0 Å². The first-order valence-electron chi connectivity index (χ1n) is 5.37. The van der Waals surface area contributed by atoms with Crippen molar-refractivity contribution in [3.8, 4) is 11.6 Å². The number of nitrogens with one attached hydrogen (secondary N) is 2. The summed E-state index contributed by atoms with van der Waals surface area (Å²) >= 11 is 4.74. The number of aliphatic imine (C=N–C) groups is 1. The van der Waals surface area contributed by atoms with Crippen LogP contribution in [0.3, 0.4) is 0 Å². The number of H-pyrrole nitrogens is 2. The normalized spacial score (nSPS) is 11.5. The number of rotatable bonds is 2. The molecule has 0 aliphatic rings. The third-order valence-corrected chi connectivity index (χ3v) is 2.62. The van der Waals surface area contributed by atoms with Crippen molar-refractivity contribution in [3.05, 3.63) is 45.0 Å². The highest BCUT2D eigenvalue weighted by molar-refractivity contribution is 7.71. The van der Waals surface area contributed by atoms with Crippen LogP contribution in [0, 0.1) is 4.77 Å². The zero-order valence-electron chi connectivity index (χ0n) is 9.97. The fourth-order valence-electron chi connectivity index (χ4n) is 1.62. The molecular weight excluding hydrogens is 266 g/mol. The molecule has 0 aliphatic carbocycles. The highest BCUT2D eigenvalue weighted by Gasteiger charge is 2.11. The monoisotopic (exact) mass is 277 g/mol. The smallest absolute Gasteiger partial charge is 0.264 e. The molecule has 2 rings (SSSR count). The van der Waals surface area contributed by atoms with Crippen molar-refractivity contribution in [2.45, 2.75) is 6.92 Å². The van der Waals surface area contributed by atoms with Gasteiger partial charge in [-0.05, 0) is 31.3 Å². The Morgan fingerprint density at radius 3 is 2.68 bits per heavy atom. The zero-order valence-corrected chi connectivity index (χ0v) is 10.8. The van der Waals surface area contributed by atoms with Gasteiger partial charge in [0.15, 0.2) is 4.77 Å². The number of aromatic hydroxyl groups is 2. The van der Waals surface area contributed by atoms with Crippen molar-refractivity contribution in [3.63, 3.8) is 0 Å². The highest BCUT2D eigenvalue weighted by atomic mass is 32.1. The second-order valence-electron chi connectivity index (χ2n) is 3.85. The first kappa shape index (κ1) is 13.0. The van der Waals surface area contributed by atoms with Crippen LogP contribution in [0.5, 0.6) is 11.6 Å². The molecule has 0 saturated carbocycles. The summed E-state index contributed by atoms with van der Waals surface area (Å²) in [5.41, 5.74) is 0.258. The van der Waals surface area contributed by atoms with Gasteiger partial charge >= 0.3 is 0 Å². The molecule has 1 heterocycles. The summed E-state index contributed by atoms with van der Waals surface area (Å²) in [5.74, 6) is -0.269. The van der Waals surface area contributed by atoms with E-state index in [9.17, 15) is 15.0 Å². The van der Waals surface area contributed by atoms with E-state index in [1.807, 2.05) is 0 Å². The molecule has 6 nitrogen and oxygen atoms in total. The Morgan fingerprint density at radius 2 is 2.05 bits per heavy atom. The second-order valence-corrected chi connectivity index (χ2v) is 4.26. The summed E-state index contributed by atoms with van der Waals surface area (Å²) in [7, 11) is 0. The number of phenolic OH excluding ortho intramolecular Hbond substituents is 1. The quantitative estimate of drug-likeness (QED) is 0.498. The molecule has 0 spiro atoms. The van der Waals surface area contributed by atoms with Crippen molar-refractivity contribution in [1.29, 1.82) is 0 Å². The Kier molecular flexibility index (Phi) is 3.48.